The Kier molecular flexibility index (Phi) is 2.42. The Bertz CT molecular complexity index is 375. The molecule has 3 nitrogen and oxygen atoms in total. The molecule has 0 aliphatic heterocycles. The highest BCUT2D eigenvalue weighted by Crippen LogP contribution is 2.02. The minimum absolute atomic E-state index is 0.218. The van der Waals surface area contributed by atoms with Gasteiger partial charge in [0.2, 0.25) is 5.95 Å². The van der Waals surface area contributed by atoms with Gasteiger partial charge in [0.15, 0.2) is 9.84 Å². The van der Waals surface area contributed by atoms with E-state index >= 15 is 0 Å². The fraction of sp³-hybridized carbons (Fsp3) is 0.286. The van der Waals surface area contributed by atoms with E-state index in [4.69, 9.17) is 0 Å². The Labute approximate surface area is 70.2 Å². The Balaban J connectivity index is 2.91. The highest BCUT2D eigenvalue weighted by Gasteiger charge is 2.05. The standard InChI is InChI=1S/C7H8FNO2S/c1-12(10,11)5-6-3-2-4-7(8)9-6/h2-4H,5H2,1H3. The van der Waals surface area contributed by atoms with Crippen LogP contribution in [0.1, 0.15) is 5.69 Å². The summed E-state index contributed by atoms with van der Waals surface area (Å²) in [6.07, 6.45) is 1.08. The van der Waals surface area contributed by atoms with Crippen molar-refractivity contribution in [1.29, 1.82) is 0 Å². The third-order valence-electron chi connectivity index (χ3n) is 1.18. The van der Waals surface area contributed by atoms with E-state index in [1.54, 1.807) is 0 Å². The highest BCUT2D eigenvalue weighted by molar-refractivity contribution is 7.89. The molecule has 1 aromatic rings. The maximum atomic E-state index is 12.4. The normalized spacial score (nSPS) is 11.5. The van der Waals surface area contributed by atoms with Crippen LogP contribution in [0, 0.1) is 5.95 Å². The van der Waals surface area contributed by atoms with E-state index in [0.717, 1.165) is 6.26 Å². The summed E-state index contributed by atoms with van der Waals surface area (Å²) in [6, 6.07) is 4.08. The molecule has 0 atom stereocenters. The number of rotatable bonds is 2. The predicted octanol–water partition coefficient (Wildman–Crippen LogP) is 0.765. The molecule has 0 fully saturated rings. The summed E-state index contributed by atoms with van der Waals surface area (Å²) < 4.78 is 33.9. The van der Waals surface area contributed by atoms with Crippen molar-refractivity contribution in [1.82, 2.24) is 4.98 Å². The fourth-order valence-electron chi connectivity index (χ4n) is 0.799. The van der Waals surface area contributed by atoms with Crippen LogP contribution in [0.5, 0.6) is 0 Å². The molecule has 0 bridgehead atoms. The lowest BCUT2D eigenvalue weighted by Crippen LogP contribution is -2.03. The third kappa shape index (κ3) is 2.96. The van der Waals surface area contributed by atoms with Gasteiger partial charge in [0.1, 0.15) is 0 Å². The predicted molar refractivity (Wildman–Crippen MR) is 42.7 cm³/mol. The largest absolute Gasteiger partial charge is 0.229 e. The van der Waals surface area contributed by atoms with Gasteiger partial charge in [0.05, 0.1) is 11.4 Å². The van der Waals surface area contributed by atoms with Crippen LogP contribution in [0.4, 0.5) is 4.39 Å². The quantitative estimate of drug-likeness (QED) is 0.645. The Morgan fingerprint density at radius 2 is 2.17 bits per heavy atom. The molecule has 0 radical (unpaired) electrons. The molecule has 0 aromatic carbocycles. The van der Waals surface area contributed by atoms with Crippen LogP contribution in [0.15, 0.2) is 18.2 Å². The molecule has 12 heavy (non-hydrogen) atoms. The topological polar surface area (TPSA) is 47.0 Å². The number of halogens is 1. The molecule has 1 heterocycles. The highest BCUT2D eigenvalue weighted by atomic mass is 32.2. The van der Waals surface area contributed by atoms with Gasteiger partial charge in [-0.25, -0.2) is 13.4 Å². The molecule has 0 unspecified atom stereocenters. The lowest BCUT2D eigenvalue weighted by molar-refractivity contribution is 0.576. The zero-order chi connectivity index (χ0) is 9.19. The van der Waals surface area contributed by atoms with E-state index < -0.39 is 15.8 Å². The van der Waals surface area contributed by atoms with Crippen LogP contribution in [0.2, 0.25) is 0 Å². The SMILES string of the molecule is CS(=O)(=O)Cc1cccc(F)n1. The second-order valence-corrected chi connectivity index (χ2v) is 4.66. The second kappa shape index (κ2) is 3.18. The molecular formula is C7H8FNO2S. The number of hydrogen-bond acceptors (Lipinski definition) is 3. The molecule has 1 aromatic heterocycles. The Morgan fingerprint density at radius 1 is 1.50 bits per heavy atom. The lowest BCUT2D eigenvalue weighted by atomic mass is 10.4. The molecule has 0 saturated heterocycles. The van der Waals surface area contributed by atoms with Crippen molar-refractivity contribution in [3.8, 4) is 0 Å². The molecule has 5 heteroatoms. The second-order valence-electron chi connectivity index (χ2n) is 2.52. The van der Waals surface area contributed by atoms with Crippen LogP contribution in [0.25, 0.3) is 0 Å². The van der Waals surface area contributed by atoms with Crippen LogP contribution in [-0.2, 0) is 15.6 Å². The maximum Gasteiger partial charge on any atom is 0.213 e. The summed E-state index contributed by atoms with van der Waals surface area (Å²) in [5.41, 5.74) is 0.234. The van der Waals surface area contributed by atoms with Crippen molar-refractivity contribution in [2.45, 2.75) is 5.75 Å². The van der Waals surface area contributed by atoms with Crippen LogP contribution in [-0.4, -0.2) is 19.7 Å². The van der Waals surface area contributed by atoms with E-state index in [-0.39, 0.29) is 11.4 Å². The number of sulfone groups is 1. The summed E-state index contributed by atoms with van der Waals surface area (Å²) >= 11 is 0. The maximum absolute atomic E-state index is 12.4. The van der Waals surface area contributed by atoms with Gasteiger partial charge in [-0.15, -0.1) is 0 Å². The van der Waals surface area contributed by atoms with Gasteiger partial charge in [-0.1, -0.05) is 6.07 Å². The molecule has 0 amide bonds. The first-order valence-corrected chi connectivity index (χ1v) is 5.32. The number of hydrogen-bond donors (Lipinski definition) is 0. The first-order valence-electron chi connectivity index (χ1n) is 3.26. The average molecular weight is 189 g/mol. The third-order valence-corrected chi connectivity index (χ3v) is 2.00. The number of pyridine rings is 1. The summed E-state index contributed by atoms with van der Waals surface area (Å²) in [7, 11) is -3.12. The Hall–Kier alpha value is -0.970. The molecule has 0 aliphatic rings. The molecule has 0 saturated carbocycles. The minimum atomic E-state index is -3.12. The van der Waals surface area contributed by atoms with Crippen molar-refractivity contribution in [2.24, 2.45) is 0 Å². The van der Waals surface area contributed by atoms with Crippen LogP contribution < -0.4 is 0 Å². The van der Waals surface area contributed by atoms with Crippen molar-refractivity contribution >= 4 is 9.84 Å². The smallest absolute Gasteiger partial charge is 0.213 e. The summed E-state index contributed by atoms with van der Waals surface area (Å²) in [6.45, 7) is 0. The van der Waals surface area contributed by atoms with Gasteiger partial charge < -0.3 is 0 Å². The molecular weight excluding hydrogens is 181 g/mol. The zero-order valence-corrected chi connectivity index (χ0v) is 7.31. The Morgan fingerprint density at radius 3 is 2.67 bits per heavy atom. The van der Waals surface area contributed by atoms with Crippen molar-refractivity contribution in [2.75, 3.05) is 6.26 Å². The van der Waals surface area contributed by atoms with Gasteiger partial charge >= 0.3 is 0 Å². The number of nitrogens with zero attached hydrogens (tertiary/aromatic N) is 1. The average Bonchev–Trinajstić information content (AvgIpc) is 1.82. The minimum Gasteiger partial charge on any atom is -0.229 e. The fourth-order valence-corrected chi connectivity index (χ4v) is 1.50. The van der Waals surface area contributed by atoms with Crippen LogP contribution in [0.3, 0.4) is 0 Å². The van der Waals surface area contributed by atoms with Crippen molar-refractivity contribution in [3.63, 3.8) is 0 Å². The molecule has 0 aliphatic carbocycles. The first-order chi connectivity index (χ1) is 5.47. The summed E-state index contributed by atoms with van der Waals surface area (Å²) in [5.74, 6) is -0.874. The van der Waals surface area contributed by atoms with Gasteiger partial charge in [-0.3, -0.25) is 0 Å². The monoisotopic (exact) mass is 189 g/mol. The van der Waals surface area contributed by atoms with Gasteiger partial charge in [0.25, 0.3) is 0 Å². The van der Waals surface area contributed by atoms with Gasteiger partial charge in [0, 0.05) is 6.26 Å². The number of aromatic nitrogens is 1. The van der Waals surface area contributed by atoms with E-state index in [9.17, 15) is 12.8 Å². The molecule has 66 valence electrons. The van der Waals surface area contributed by atoms with Gasteiger partial charge in [-0.2, -0.15) is 4.39 Å². The molecule has 0 N–H and O–H groups in total. The summed E-state index contributed by atoms with van der Waals surface area (Å²) in [4.78, 5) is 3.41. The van der Waals surface area contributed by atoms with Crippen molar-refractivity contribution in [3.05, 3.63) is 29.8 Å². The molecule has 1 rings (SSSR count). The molecule has 0 spiro atoms. The zero-order valence-electron chi connectivity index (χ0n) is 6.49. The lowest BCUT2D eigenvalue weighted by Gasteiger charge is -1.96. The summed E-state index contributed by atoms with van der Waals surface area (Å²) in [5, 5.41) is 0. The van der Waals surface area contributed by atoms with E-state index in [0.29, 0.717) is 0 Å². The van der Waals surface area contributed by atoms with E-state index in [1.165, 1.54) is 18.2 Å². The van der Waals surface area contributed by atoms with E-state index in [2.05, 4.69) is 4.98 Å². The van der Waals surface area contributed by atoms with Gasteiger partial charge in [-0.05, 0) is 12.1 Å². The first kappa shape index (κ1) is 9.12. The van der Waals surface area contributed by atoms with Crippen molar-refractivity contribution < 1.29 is 12.8 Å². The van der Waals surface area contributed by atoms with E-state index in [1.807, 2.05) is 0 Å². The van der Waals surface area contributed by atoms with Crippen LogP contribution >= 0.6 is 0 Å².